The highest BCUT2D eigenvalue weighted by molar-refractivity contribution is 7.87. The van der Waals surface area contributed by atoms with E-state index in [1.54, 1.807) is 0 Å². The molecule has 2 rings (SSSR count). The summed E-state index contributed by atoms with van der Waals surface area (Å²) < 4.78 is 29.5. The normalized spacial score (nSPS) is 11.2. The van der Waals surface area contributed by atoms with Gasteiger partial charge in [0.25, 0.3) is 5.69 Å². The summed E-state index contributed by atoms with van der Waals surface area (Å²) in [5.41, 5.74) is -0.314. The van der Waals surface area contributed by atoms with Crippen LogP contribution in [0.15, 0.2) is 41.3 Å². The van der Waals surface area contributed by atoms with Gasteiger partial charge in [-0.15, -0.1) is 0 Å². The predicted molar refractivity (Wildman–Crippen MR) is 82.1 cm³/mol. The molecule has 0 aromatic heterocycles. The van der Waals surface area contributed by atoms with E-state index in [1.165, 1.54) is 43.3 Å². The van der Waals surface area contributed by atoms with Gasteiger partial charge in [-0.25, -0.2) is 0 Å². The number of nitro groups is 1. The van der Waals surface area contributed by atoms with Gasteiger partial charge in [0.1, 0.15) is 10.6 Å². The first kappa shape index (κ1) is 16.5. The number of hydrogen-bond donors (Lipinski definition) is 0. The zero-order valence-corrected chi connectivity index (χ0v) is 13.4. The van der Waals surface area contributed by atoms with Crippen LogP contribution in [0.5, 0.6) is 5.75 Å². The van der Waals surface area contributed by atoms with Gasteiger partial charge >= 0.3 is 10.1 Å². The van der Waals surface area contributed by atoms with Gasteiger partial charge in [0.05, 0.1) is 15.0 Å². The van der Waals surface area contributed by atoms with Crippen LogP contribution in [0.4, 0.5) is 5.69 Å². The quantitative estimate of drug-likeness (QED) is 0.467. The number of benzene rings is 2. The van der Waals surface area contributed by atoms with E-state index < -0.39 is 15.0 Å². The van der Waals surface area contributed by atoms with Crippen LogP contribution in [-0.2, 0) is 10.1 Å². The van der Waals surface area contributed by atoms with Gasteiger partial charge in [0.2, 0.25) is 0 Å². The molecule has 0 saturated carbocycles. The Morgan fingerprint density at radius 2 is 1.82 bits per heavy atom. The fourth-order valence-electron chi connectivity index (χ4n) is 1.77. The molecular weight excluding hydrogens is 353 g/mol. The van der Waals surface area contributed by atoms with Crippen LogP contribution in [0.1, 0.15) is 5.56 Å². The molecule has 0 aliphatic carbocycles. The predicted octanol–water partition coefficient (Wildman–Crippen LogP) is 3.98. The van der Waals surface area contributed by atoms with Crippen molar-refractivity contribution in [2.75, 3.05) is 0 Å². The SMILES string of the molecule is Cc1c([N+](=O)[O-])cccc1S(=O)(=O)Oc1ccc(Cl)c(Cl)c1. The van der Waals surface area contributed by atoms with Gasteiger partial charge in [-0.05, 0) is 25.1 Å². The molecule has 0 aliphatic rings. The van der Waals surface area contributed by atoms with Crippen LogP contribution in [0.25, 0.3) is 0 Å². The topological polar surface area (TPSA) is 86.5 Å². The van der Waals surface area contributed by atoms with Crippen molar-refractivity contribution in [1.82, 2.24) is 0 Å². The number of hydrogen-bond acceptors (Lipinski definition) is 5. The average molecular weight is 362 g/mol. The van der Waals surface area contributed by atoms with Crippen LogP contribution in [-0.4, -0.2) is 13.3 Å². The van der Waals surface area contributed by atoms with Gasteiger partial charge in [-0.3, -0.25) is 10.1 Å². The number of rotatable bonds is 4. The van der Waals surface area contributed by atoms with Crippen LogP contribution >= 0.6 is 23.2 Å². The van der Waals surface area contributed by atoms with E-state index in [9.17, 15) is 18.5 Å². The molecule has 0 aliphatic heterocycles. The molecule has 0 atom stereocenters. The molecule has 0 amide bonds. The van der Waals surface area contributed by atoms with Crippen molar-refractivity contribution in [3.8, 4) is 5.75 Å². The van der Waals surface area contributed by atoms with Crippen molar-refractivity contribution >= 4 is 39.0 Å². The summed E-state index contributed by atoms with van der Waals surface area (Å²) in [4.78, 5) is 9.94. The molecule has 6 nitrogen and oxygen atoms in total. The summed E-state index contributed by atoms with van der Waals surface area (Å²) in [5, 5.41) is 11.3. The summed E-state index contributed by atoms with van der Waals surface area (Å²) in [6.07, 6.45) is 0. The highest BCUT2D eigenvalue weighted by Gasteiger charge is 2.24. The lowest BCUT2D eigenvalue weighted by molar-refractivity contribution is -0.385. The lowest BCUT2D eigenvalue weighted by atomic mass is 10.2. The van der Waals surface area contributed by atoms with E-state index in [4.69, 9.17) is 27.4 Å². The minimum Gasteiger partial charge on any atom is -0.379 e. The number of nitrogens with zero attached hydrogens (tertiary/aromatic N) is 1. The monoisotopic (exact) mass is 361 g/mol. The van der Waals surface area contributed by atoms with Crippen molar-refractivity contribution in [3.63, 3.8) is 0 Å². The molecule has 2 aromatic carbocycles. The Morgan fingerprint density at radius 1 is 1.14 bits per heavy atom. The summed E-state index contributed by atoms with van der Waals surface area (Å²) in [7, 11) is -4.24. The van der Waals surface area contributed by atoms with Gasteiger partial charge in [0.15, 0.2) is 0 Å². The summed E-state index contributed by atoms with van der Waals surface area (Å²) in [6.45, 7) is 1.34. The van der Waals surface area contributed by atoms with E-state index in [0.29, 0.717) is 0 Å². The van der Waals surface area contributed by atoms with E-state index in [-0.39, 0.29) is 31.9 Å². The Balaban J connectivity index is 2.45. The highest BCUT2D eigenvalue weighted by Crippen LogP contribution is 2.30. The minimum atomic E-state index is -4.24. The summed E-state index contributed by atoms with van der Waals surface area (Å²) >= 11 is 11.5. The first-order valence-corrected chi connectivity index (χ1v) is 8.02. The van der Waals surface area contributed by atoms with Gasteiger partial charge < -0.3 is 4.18 Å². The van der Waals surface area contributed by atoms with Crippen molar-refractivity contribution in [2.45, 2.75) is 11.8 Å². The van der Waals surface area contributed by atoms with Crippen molar-refractivity contribution in [1.29, 1.82) is 0 Å². The van der Waals surface area contributed by atoms with Crippen LogP contribution in [0.2, 0.25) is 10.0 Å². The first-order valence-electron chi connectivity index (χ1n) is 5.86. The average Bonchev–Trinajstić information content (AvgIpc) is 2.42. The zero-order chi connectivity index (χ0) is 16.5. The summed E-state index contributed by atoms with van der Waals surface area (Å²) in [5.74, 6) is -0.0414. The molecule has 0 saturated heterocycles. The van der Waals surface area contributed by atoms with E-state index >= 15 is 0 Å². The molecule has 0 bridgehead atoms. The van der Waals surface area contributed by atoms with E-state index in [1.807, 2.05) is 0 Å². The lowest BCUT2D eigenvalue weighted by Crippen LogP contribution is -2.12. The largest absolute Gasteiger partial charge is 0.379 e. The Bertz CT molecular complexity index is 852. The van der Waals surface area contributed by atoms with E-state index in [0.717, 1.165) is 0 Å². The molecule has 0 unspecified atom stereocenters. The molecular formula is C13H9Cl2NO5S. The Hall–Kier alpha value is -1.83. The smallest absolute Gasteiger partial charge is 0.339 e. The maximum absolute atomic E-state index is 12.3. The second kappa shape index (κ2) is 6.12. The second-order valence-corrected chi connectivity index (χ2v) is 6.60. The Morgan fingerprint density at radius 3 is 2.41 bits per heavy atom. The van der Waals surface area contributed by atoms with Crippen LogP contribution < -0.4 is 4.18 Å². The molecule has 0 spiro atoms. The fraction of sp³-hybridized carbons (Fsp3) is 0.0769. The molecule has 0 radical (unpaired) electrons. The van der Waals surface area contributed by atoms with Crippen molar-refractivity contribution in [2.24, 2.45) is 0 Å². The minimum absolute atomic E-state index is 0.00689. The maximum atomic E-state index is 12.3. The van der Waals surface area contributed by atoms with E-state index in [2.05, 4.69) is 0 Å². The summed E-state index contributed by atoms with van der Waals surface area (Å²) in [6, 6.07) is 7.68. The first-order chi connectivity index (χ1) is 10.2. The Labute approximate surface area is 136 Å². The highest BCUT2D eigenvalue weighted by atomic mass is 35.5. The number of halogens is 2. The zero-order valence-electron chi connectivity index (χ0n) is 11.1. The van der Waals surface area contributed by atoms with Gasteiger partial charge in [0, 0.05) is 17.7 Å². The molecule has 0 heterocycles. The molecule has 0 N–H and O–H groups in total. The third-order valence-corrected chi connectivity index (χ3v) is 4.95. The third-order valence-electron chi connectivity index (χ3n) is 2.82. The fourth-order valence-corrected chi connectivity index (χ4v) is 3.23. The standard InChI is InChI=1S/C13H9Cl2NO5S/c1-8-12(16(17)18)3-2-4-13(8)22(19,20)21-9-5-6-10(14)11(15)7-9/h2-7H,1H3. The van der Waals surface area contributed by atoms with Crippen LogP contribution in [0.3, 0.4) is 0 Å². The molecule has 2 aromatic rings. The Kier molecular flexibility index (Phi) is 4.60. The molecule has 0 fully saturated rings. The maximum Gasteiger partial charge on any atom is 0.339 e. The lowest BCUT2D eigenvalue weighted by Gasteiger charge is -2.10. The van der Waals surface area contributed by atoms with Gasteiger partial charge in [-0.1, -0.05) is 29.3 Å². The molecule has 22 heavy (non-hydrogen) atoms. The molecule has 116 valence electrons. The number of nitro benzene ring substituents is 1. The third kappa shape index (κ3) is 3.32. The van der Waals surface area contributed by atoms with Crippen LogP contribution in [0, 0.1) is 17.0 Å². The second-order valence-electron chi connectivity index (χ2n) is 4.27. The van der Waals surface area contributed by atoms with Crippen molar-refractivity contribution < 1.29 is 17.5 Å². The molecule has 9 heteroatoms. The van der Waals surface area contributed by atoms with Gasteiger partial charge in [-0.2, -0.15) is 8.42 Å². The van der Waals surface area contributed by atoms with Crippen molar-refractivity contribution in [3.05, 3.63) is 62.1 Å².